The number of benzene rings is 1. The first kappa shape index (κ1) is 17.5. The summed E-state index contributed by atoms with van der Waals surface area (Å²) in [5, 5.41) is 10.2. The van der Waals surface area contributed by atoms with Crippen LogP contribution in [0.1, 0.15) is 52.2 Å². The molecule has 23 heavy (non-hydrogen) atoms. The third-order valence-electron chi connectivity index (χ3n) is 4.25. The summed E-state index contributed by atoms with van der Waals surface area (Å²) in [6, 6.07) is 12.2. The molecule has 2 rings (SSSR count). The Hall–Kier alpha value is -1.83. The van der Waals surface area contributed by atoms with Gasteiger partial charge in [-0.25, -0.2) is 4.57 Å². The molecule has 2 nitrogen and oxygen atoms in total. The number of hydrogen-bond donors (Lipinski definition) is 1. The summed E-state index contributed by atoms with van der Waals surface area (Å²) >= 11 is 0. The van der Waals surface area contributed by atoms with Gasteiger partial charge in [-0.2, -0.15) is 0 Å². The first-order valence-electron chi connectivity index (χ1n) is 8.44. The second-order valence-corrected chi connectivity index (χ2v) is 8.33. The maximum atomic E-state index is 10.2. The van der Waals surface area contributed by atoms with E-state index < -0.39 is 0 Å². The highest BCUT2D eigenvalue weighted by Crippen LogP contribution is 2.37. The smallest absolute Gasteiger partial charge is 0.168 e. The maximum absolute atomic E-state index is 10.2. The van der Waals surface area contributed by atoms with E-state index in [0.717, 1.165) is 24.9 Å². The van der Waals surface area contributed by atoms with Crippen LogP contribution in [0.3, 0.4) is 0 Å². The first-order chi connectivity index (χ1) is 10.7. The van der Waals surface area contributed by atoms with Crippen molar-refractivity contribution in [3.05, 3.63) is 59.9 Å². The summed E-state index contributed by atoms with van der Waals surface area (Å²) in [5.41, 5.74) is 2.71. The molecular weight excluding hydrogens is 282 g/mol. The highest BCUT2D eigenvalue weighted by atomic mass is 16.3. The molecule has 124 valence electrons. The lowest BCUT2D eigenvalue weighted by atomic mass is 9.72. The Kier molecular flexibility index (Phi) is 5.13. The molecule has 0 saturated carbocycles. The van der Waals surface area contributed by atoms with Crippen LogP contribution >= 0.6 is 0 Å². The fraction of sp³-hybridized carbons (Fsp3) is 0.476. The van der Waals surface area contributed by atoms with Crippen molar-refractivity contribution in [3.8, 4) is 5.75 Å². The number of nitrogens with zero attached hydrogens (tertiary/aromatic N) is 1. The second kappa shape index (κ2) is 6.74. The van der Waals surface area contributed by atoms with E-state index >= 15 is 0 Å². The highest BCUT2D eigenvalue weighted by Gasteiger charge is 2.27. The Morgan fingerprint density at radius 3 is 2.22 bits per heavy atom. The number of pyridine rings is 1. The van der Waals surface area contributed by atoms with E-state index in [0.29, 0.717) is 5.75 Å². The monoisotopic (exact) mass is 312 g/mol. The van der Waals surface area contributed by atoms with E-state index in [1.165, 1.54) is 5.56 Å². The average molecular weight is 312 g/mol. The van der Waals surface area contributed by atoms with Crippen molar-refractivity contribution in [2.75, 3.05) is 0 Å². The summed E-state index contributed by atoms with van der Waals surface area (Å²) in [6.07, 6.45) is 6.06. The lowest BCUT2D eigenvalue weighted by Crippen LogP contribution is -2.33. The maximum Gasteiger partial charge on any atom is 0.168 e. The molecule has 1 aromatic heterocycles. The topological polar surface area (TPSA) is 24.1 Å². The summed E-state index contributed by atoms with van der Waals surface area (Å²) in [7, 11) is 0. The van der Waals surface area contributed by atoms with E-state index in [9.17, 15) is 5.11 Å². The van der Waals surface area contributed by atoms with Crippen LogP contribution in [0.25, 0.3) is 0 Å². The fourth-order valence-electron chi connectivity index (χ4n) is 3.47. The number of rotatable bonds is 5. The van der Waals surface area contributed by atoms with E-state index in [2.05, 4.69) is 63.7 Å². The Morgan fingerprint density at radius 1 is 0.957 bits per heavy atom. The van der Waals surface area contributed by atoms with Gasteiger partial charge in [-0.15, -0.1) is 0 Å². The van der Waals surface area contributed by atoms with Crippen LogP contribution in [0.2, 0.25) is 0 Å². The van der Waals surface area contributed by atoms with Crippen molar-refractivity contribution >= 4 is 0 Å². The van der Waals surface area contributed by atoms with Crippen molar-refractivity contribution in [1.82, 2.24) is 0 Å². The van der Waals surface area contributed by atoms with Gasteiger partial charge in [-0.1, -0.05) is 52.8 Å². The number of hydrogen-bond acceptors (Lipinski definition) is 1. The minimum atomic E-state index is 0.0978. The number of aromatic nitrogens is 1. The molecule has 0 radical (unpaired) electrons. The third kappa shape index (κ3) is 5.09. The SMILES string of the molecule is CC(C)(C)CC(C)(C)c1ccc(O)c(CC[n+]2ccccc2)c1. The minimum Gasteiger partial charge on any atom is -0.508 e. The van der Waals surface area contributed by atoms with Crippen molar-refractivity contribution in [1.29, 1.82) is 0 Å². The zero-order valence-corrected chi connectivity index (χ0v) is 15.1. The molecule has 1 heterocycles. The average Bonchev–Trinajstić information content (AvgIpc) is 2.45. The molecule has 2 heteroatoms. The van der Waals surface area contributed by atoms with Crippen molar-refractivity contribution in [3.63, 3.8) is 0 Å². The number of phenols is 1. The molecule has 0 spiro atoms. The van der Waals surface area contributed by atoms with Crippen molar-refractivity contribution < 1.29 is 9.67 Å². The van der Waals surface area contributed by atoms with Gasteiger partial charge in [-0.3, -0.25) is 0 Å². The minimum absolute atomic E-state index is 0.0978. The van der Waals surface area contributed by atoms with Gasteiger partial charge in [0.2, 0.25) is 0 Å². The van der Waals surface area contributed by atoms with Crippen LogP contribution in [0.5, 0.6) is 5.75 Å². The molecule has 0 atom stereocenters. The predicted octanol–water partition coefficient (Wildman–Crippen LogP) is 4.64. The molecule has 1 N–H and O–H groups in total. The molecule has 1 aromatic carbocycles. The van der Waals surface area contributed by atoms with E-state index in [1.807, 2.05) is 24.3 Å². The van der Waals surface area contributed by atoms with E-state index in [4.69, 9.17) is 0 Å². The molecular formula is C21H30NO+. The third-order valence-corrected chi connectivity index (χ3v) is 4.25. The number of aromatic hydroxyl groups is 1. The zero-order chi connectivity index (χ0) is 17.1. The Morgan fingerprint density at radius 2 is 1.61 bits per heavy atom. The summed E-state index contributed by atoms with van der Waals surface area (Å²) < 4.78 is 2.15. The van der Waals surface area contributed by atoms with Gasteiger partial charge in [0, 0.05) is 24.1 Å². The van der Waals surface area contributed by atoms with Crippen LogP contribution in [-0.4, -0.2) is 5.11 Å². The molecule has 0 aliphatic carbocycles. The van der Waals surface area contributed by atoms with Crippen LogP contribution in [-0.2, 0) is 18.4 Å². The van der Waals surface area contributed by atoms with Gasteiger partial charge < -0.3 is 5.11 Å². The number of aryl methyl sites for hydroxylation is 2. The summed E-state index contributed by atoms with van der Waals surface area (Å²) in [4.78, 5) is 0. The zero-order valence-electron chi connectivity index (χ0n) is 15.1. The molecule has 0 saturated heterocycles. The van der Waals surface area contributed by atoms with Gasteiger partial charge in [0.25, 0.3) is 0 Å². The predicted molar refractivity (Wildman–Crippen MR) is 95.5 cm³/mol. The molecule has 0 aliphatic rings. The van der Waals surface area contributed by atoms with Gasteiger partial charge in [-0.05, 0) is 28.9 Å². The van der Waals surface area contributed by atoms with Crippen LogP contribution < -0.4 is 4.57 Å². The summed E-state index contributed by atoms with van der Waals surface area (Å²) in [6.45, 7) is 12.3. The molecule has 0 amide bonds. The molecule has 2 aromatic rings. The van der Waals surface area contributed by atoms with Gasteiger partial charge in [0.05, 0.1) is 0 Å². The van der Waals surface area contributed by atoms with Gasteiger partial charge in [0.1, 0.15) is 5.75 Å². The molecule has 0 fully saturated rings. The molecule has 0 unspecified atom stereocenters. The van der Waals surface area contributed by atoms with Gasteiger partial charge in [0.15, 0.2) is 18.9 Å². The van der Waals surface area contributed by atoms with Gasteiger partial charge >= 0.3 is 0 Å². The lowest BCUT2D eigenvalue weighted by Gasteiger charge is -2.33. The normalized spacial score (nSPS) is 12.4. The quantitative estimate of drug-likeness (QED) is 0.799. The molecule has 0 bridgehead atoms. The Balaban J connectivity index is 2.18. The lowest BCUT2D eigenvalue weighted by molar-refractivity contribution is -0.696. The Labute approximate surface area is 140 Å². The van der Waals surface area contributed by atoms with Crippen LogP contribution in [0.4, 0.5) is 0 Å². The Bertz CT molecular complexity index is 639. The summed E-state index contributed by atoms with van der Waals surface area (Å²) in [5.74, 6) is 0.400. The number of phenolic OH excluding ortho intramolecular Hbond substituents is 1. The second-order valence-electron chi connectivity index (χ2n) is 8.33. The van der Waals surface area contributed by atoms with Crippen LogP contribution in [0, 0.1) is 5.41 Å². The standard InChI is InChI=1S/C21H29NO/c1-20(2,3)16-21(4,5)18-9-10-19(23)17(15-18)11-14-22-12-7-6-8-13-22/h6-10,12-13,15H,11,14,16H2,1-5H3/p+1. The van der Waals surface area contributed by atoms with Crippen molar-refractivity contribution in [2.24, 2.45) is 5.41 Å². The van der Waals surface area contributed by atoms with E-state index in [1.54, 1.807) is 0 Å². The highest BCUT2D eigenvalue weighted by molar-refractivity contribution is 5.39. The fourth-order valence-corrected chi connectivity index (χ4v) is 3.47. The van der Waals surface area contributed by atoms with E-state index in [-0.39, 0.29) is 10.8 Å². The van der Waals surface area contributed by atoms with Crippen LogP contribution in [0.15, 0.2) is 48.8 Å². The molecule has 0 aliphatic heterocycles. The largest absolute Gasteiger partial charge is 0.508 e. The first-order valence-corrected chi connectivity index (χ1v) is 8.44. The van der Waals surface area contributed by atoms with Crippen molar-refractivity contribution in [2.45, 2.75) is 59.4 Å².